The molecular formula is C28H25NO3. The van der Waals surface area contributed by atoms with Gasteiger partial charge in [0.2, 0.25) is 0 Å². The van der Waals surface area contributed by atoms with Gasteiger partial charge in [-0.3, -0.25) is 9.59 Å². The number of ketones is 2. The van der Waals surface area contributed by atoms with E-state index in [1.807, 2.05) is 55.5 Å². The van der Waals surface area contributed by atoms with Gasteiger partial charge in [0.05, 0.1) is 11.8 Å². The number of carbonyl (C=O) groups excluding carboxylic acids is 2. The molecule has 0 fully saturated rings. The van der Waals surface area contributed by atoms with Crippen molar-refractivity contribution >= 4 is 11.6 Å². The molecule has 0 aliphatic rings. The average Bonchev–Trinajstić information content (AvgIpc) is 3.23. The molecule has 0 aliphatic carbocycles. The van der Waals surface area contributed by atoms with Crippen LogP contribution in [-0.2, 0) is 24.1 Å². The van der Waals surface area contributed by atoms with Crippen LogP contribution in [-0.4, -0.2) is 16.7 Å². The Kier molecular flexibility index (Phi) is 6.41. The van der Waals surface area contributed by atoms with Gasteiger partial charge in [-0.05, 0) is 47.2 Å². The third-order valence-corrected chi connectivity index (χ3v) is 5.68. The SMILES string of the molecule is Cc1ccc(CC(=O)Cc2ccc(-c3ccccc3)cc2)cc1CC(=O)c1cnoc1C. The summed E-state index contributed by atoms with van der Waals surface area (Å²) in [6.45, 7) is 3.71. The molecule has 32 heavy (non-hydrogen) atoms. The molecule has 0 atom stereocenters. The second kappa shape index (κ2) is 9.56. The first-order chi connectivity index (χ1) is 15.5. The van der Waals surface area contributed by atoms with Crippen LogP contribution in [0.5, 0.6) is 0 Å². The molecule has 0 saturated carbocycles. The lowest BCUT2D eigenvalue weighted by Gasteiger charge is -2.09. The predicted octanol–water partition coefficient (Wildman–Crippen LogP) is 5.74. The van der Waals surface area contributed by atoms with Gasteiger partial charge in [-0.1, -0.05) is 78.0 Å². The van der Waals surface area contributed by atoms with Crippen molar-refractivity contribution < 1.29 is 14.1 Å². The van der Waals surface area contributed by atoms with Crippen LogP contribution in [0, 0.1) is 13.8 Å². The van der Waals surface area contributed by atoms with Crippen LogP contribution in [0.1, 0.15) is 38.4 Å². The zero-order valence-corrected chi connectivity index (χ0v) is 18.3. The van der Waals surface area contributed by atoms with Gasteiger partial charge in [0.1, 0.15) is 11.5 Å². The molecule has 1 heterocycles. The van der Waals surface area contributed by atoms with E-state index in [2.05, 4.69) is 29.4 Å². The molecule has 0 unspecified atom stereocenters. The molecule has 4 aromatic rings. The highest BCUT2D eigenvalue weighted by molar-refractivity contribution is 5.98. The van der Waals surface area contributed by atoms with Gasteiger partial charge in [0.25, 0.3) is 0 Å². The molecule has 1 aromatic heterocycles. The number of benzene rings is 3. The Morgan fingerprint density at radius 2 is 1.44 bits per heavy atom. The van der Waals surface area contributed by atoms with Crippen LogP contribution < -0.4 is 0 Å². The van der Waals surface area contributed by atoms with Crippen molar-refractivity contribution in [3.8, 4) is 11.1 Å². The summed E-state index contributed by atoms with van der Waals surface area (Å²) >= 11 is 0. The summed E-state index contributed by atoms with van der Waals surface area (Å²) in [6.07, 6.45) is 2.45. The summed E-state index contributed by atoms with van der Waals surface area (Å²) in [5.41, 5.74) is 6.68. The van der Waals surface area contributed by atoms with Crippen molar-refractivity contribution in [2.45, 2.75) is 33.1 Å². The van der Waals surface area contributed by atoms with Crippen LogP contribution >= 0.6 is 0 Å². The maximum absolute atomic E-state index is 12.7. The lowest BCUT2D eigenvalue weighted by Crippen LogP contribution is -2.09. The number of Topliss-reactive ketones (excluding diaryl/α,β-unsaturated/α-hetero) is 2. The zero-order chi connectivity index (χ0) is 22.5. The first-order valence-corrected chi connectivity index (χ1v) is 10.7. The minimum atomic E-state index is -0.0335. The lowest BCUT2D eigenvalue weighted by atomic mass is 9.95. The number of hydrogen-bond donors (Lipinski definition) is 0. The minimum absolute atomic E-state index is 0.0335. The van der Waals surface area contributed by atoms with Crippen molar-refractivity contribution in [3.63, 3.8) is 0 Å². The highest BCUT2D eigenvalue weighted by atomic mass is 16.5. The van der Waals surface area contributed by atoms with Crippen LogP contribution in [0.2, 0.25) is 0 Å². The quantitative estimate of drug-likeness (QED) is 0.339. The van der Waals surface area contributed by atoms with E-state index in [-0.39, 0.29) is 18.0 Å². The van der Waals surface area contributed by atoms with E-state index >= 15 is 0 Å². The molecule has 3 aromatic carbocycles. The fraction of sp³-hybridized carbons (Fsp3) is 0.179. The van der Waals surface area contributed by atoms with Crippen LogP contribution in [0.15, 0.2) is 83.5 Å². The minimum Gasteiger partial charge on any atom is -0.361 e. The van der Waals surface area contributed by atoms with E-state index in [9.17, 15) is 9.59 Å². The van der Waals surface area contributed by atoms with Gasteiger partial charge < -0.3 is 4.52 Å². The molecule has 4 nitrogen and oxygen atoms in total. The van der Waals surface area contributed by atoms with E-state index in [1.54, 1.807) is 6.92 Å². The summed E-state index contributed by atoms with van der Waals surface area (Å²) in [5.74, 6) is 0.638. The summed E-state index contributed by atoms with van der Waals surface area (Å²) < 4.78 is 5.00. The largest absolute Gasteiger partial charge is 0.361 e. The first kappa shape index (κ1) is 21.4. The Bertz CT molecular complexity index is 1240. The summed E-state index contributed by atoms with van der Waals surface area (Å²) in [6, 6.07) is 24.2. The molecular weight excluding hydrogens is 398 g/mol. The van der Waals surface area contributed by atoms with Gasteiger partial charge in [-0.25, -0.2) is 0 Å². The Morgan fingerprint density at radius 3 is 2.12 bits per heavy atom. The number of rotatable bonds is 8. The molecule has 4 heteroatoms. The standard InChI is InChI=1S/C28H25NO3/c1-19-8-9-22(14-25(19)17-28(31)27-18-29-32-20(27)2)16-26(30)15-21-10-12-24(13-11-21)23-6-4-3-5-7-23/h3-14,18H,15-17H2,1-2H3. The van der Waals surface area contributed by atoms with Gasteiger partial charge >= 0.3 is 0 Å². The second-order valence-electron chi connectivity index (χ2n) is 8.11. The Hall–Kier alpha value is -3.79. The maximum atomic E-state index is 12.7. The van der Waals surface area contributed by atoms with E-state index < -0.39 is 0 Å². The average molecular weight is 424 g/mol. The van der Waals surface area contributed by atoms with Crippen molar-refractivity contribution in [1.82, 2.24) is 5.16 Å². The molecule has 0 N–H and O–H groups in total. The van der Waals surface area contributed by atoms with Gasteiger partial charge in [-0.2, -0.15) is 0 Å². The topological polar surface area (TPSA) is 60.2 Å². The molecule has 0 bridgehead atoms. The fourth-order valence-electron chi connectivity index (χ4n) is 3.82. The highest BCUT2D eigenvalue weighted by Gasteiger charge is 2.15. The number of aryl methyl sites for hydroxylation is 2. The van der Waals surface area contributed by atoms with E-state index in [4.69, 9.17) is 4.52 Å². The van der Waals surface area contributed by atoms with Gasteiger partial charge in [0, 0.05) is 19.3 Å². The van der Waals surface area contributed by atoms with Crippen molar-refractivity contribution in [1.29, 1.82) is 0 Å². The Labute approximate surface area is 187 Å². The van der Waals surface area contributed by atoms with Crippen LogP contribution in [0.3, 0.4) is 0 Å². The van der Waals surface area contributed by atoms with Crippen LogP contribution in [0.25, 0.3) is 11.1 Å². The van der Waals surface area contributed by atoms with Crippen molar-refractivity contribution in [2.24, 2.45) is 0 Å². The van der Waals surface area contributed by atoms with Gasteiger partial charge in [-0.15, -0.1) is 0 Å². The van der Waals surface area contributed by atoms with Gasteiger partial charge in [0.15, 0.2) is 5.78 Å². The highest BCUT2D eigenvalue weighted by Crippen LogP contribution is 2.20. The van der Waals surface area contributed by atoms with E-state index in [0.717, 1.165) is 33.4 Å². The first-order valence-electron chi connectivity index (χ1n) is 10.7. The fourth-order valence-corrected chi connectivity index (χ4v) is 3.82. The number of hydrogen-bond acceptors (Lipinski definition) is 4. The smallest absolute Gasteiger partial charge is 0.172 e. The molecule has 4 rings (SSSR count). The third-order valence-electron chi connectivity index (χ3n) is 5.68. The molecule has 0 spiro atoms. The van der Waals surface area contributed by atoms with Crippen molar-refractivity contribution in [3.05, 3.63) is 113 Å². The third kappa shape index (κ3) is 5.09. The summed E-state index contributed by atoms with van der Waals surface area (Å²) in [4.78, 5) is 25.3. The predicted molar refractivity (Wildman–Crippen MR) is 125 cm³/mol. The molecule has 0 saturated heterocycles. The van der Waals surface area contributed by atoms with E-state index in [0.29, 0.717) is 24.2 Å². The normalized spacial score (nSPS) is 10.8. The monoisotopic (exact) mass is 423 g/mol. The summed E-state index contributed by atoms with van der Waals surface area (Å²) in [5, 5.41) is 3.69. The molecule has 0 radical (unpaired) electrons. The second-order valence-corrected chi connectivity index (χ2v) is 8.11. The Morgan fingerprint density at radius 1 is 0.781 bits per heavy atom. The van der Waals surface area contributed by atoms with E-state index in [1.165, 1.54) is 6.20 Å². The number of aromatic nitrogens is 1. The molecule has 160 valence electrons. The Balaban J connectivity index is 1.40. The van der Waals surface area contributed by atoms with Crippen LogP contribution in [0.4, 0.5) is 0 Å². The number of nitrogens with zero attached hydrogens (tertiary/aromatic N) is 1. The van der Waals surface area contributed by atoms with Crippen molar-refractivity contribution in [2.75, 3.05) is 0 Å². The number of carbonyl (C=O) groups is 2. The summed E-state index contributed by atoms with van der Waals surface area (Å²) in [7, 11) is 0. The molecule has 0 aliphatic heterocycles. The lowest BCUT2D eigenvalue weighted by molar-refractivity contribution is -0.117. The molecule has 0 amide bonds. The zero-order valence-electron chi connectivity index (χ0n) is 18.3. The maximum Gasteiger partial charge on any atom is 0.172 e.